The third-order valence-electron chi connectivity index (χ3n) is 3.52. The van der Waals surface area contributed by atoms with E-state index in [1.54, 1.807) is 0 Å². The van der Waals surface area contributed by atoms with Crippen molar-refractivity contribution in [2.24, 2.45) is 0 Å². The van der Waals surface area contributed by atoms with Gasteiger partial charge in [-0.05, 0) is 44.7 Å². The first-order valence-electron chi connectivity index (χ1n) is 6.91. The van der Waals surface area contributed by atoms with Gasteiger partial charge in [0.05, 0.1) is 0 Å². The molecule has 0 radical (unpaired) electrons. The zero-order chi connectivity index (χ0) is 12.8. The fraction of sp³-hybridized carbons (Fsp3) is 0.625. The van der Waals surface area contributed by atoms with Crippen LogP contribution >= 0.6 is 0 Å². The predicted octanol–water partition coefficient (Wildman–Crippen LogP) is 4.53. The van der Waals surface area contributed by atoms with Crippen LogP contribution in [0.1, 0.15) is 62.8 Å². The lowest BCUT2D eigenvalue weighted by atomic mass is 9.98. The summed E-state index contributed by atoms with van der Waals surface area (Å²) >= 11 is 0. The summed E-state index contributed by atoms with van der Waals surface area (Å²) < 4.78 is 0. The van der Waals surface area contributed by atoms with Crippen LogP contribution in [-0.4, -0.2) is 6.04 Å². The van der Waals surface area contributed by atoms with Crippen molar-refractivity contribution in [3.63, 3.8) is 0 Å². The molecule has 1 heteroatoms. The van der Waals surface area contributed by atoms with Crippen LogP contribution < -0.4 is 5.32 Å². The van der Waals surface area contributed by atoms with Crippen molar-refractivity contribution in [2.75, 3.05) is 0 Å². The second kappa shape index (κ2) is 6.80. The van der Waals surface area contributed by atoms with Crippen LogP contribution in [0.2, 0.25) is 0 Å². The molecule has 0 aliphatic heterocycles. The maximum atomic E-state index is 3.75. The molecule has 0 aromatic heterocycles. The normalized spacial score (nSPS) is 14.6. The van der Waals surface area contributed by atoms with Crippen LogP contribution in [0.4, 0.5) is 0 Å². The number of benzene rings is 1. The van der Waals surface area contributed by atoms with E-state index in [0.717, 1.165) is 0 Å². The highest BCUT2D eigenvalue weighted by Crippen LogP contribution is 2.20. The molecule has 2 atom stereocenters. The second-order valence-corrected chi connectivity index (χ2v) is 5.14. The zero-order valence-electron chi connectivity index (χ0n) is 12.0. The Kier molecular flexibility index (Phi) is 5.70. The van der Waals surface area contributed by atoms with Gasteiger partial charge in [0.25, 0.3) is 0 Å². The van der Waals surface area contributed by atoms with Crippen molar-refractivity contribution < 1.29 is 0 Å². The number of hydrogen-bond acceptors (Lipinski definition) is 1. The van der Waals surface area contributed by atoms with E-state index < -0.39 is 0 Å². The molecule has 0 aliphatic carbocycles. The van der Waals surface area contributed by atoms with Gasteiger partial charge in [0.2, 0.25) is 0 Å². The van der Waals surface area contributed by atoms with Crippen molar-refractivity contribution in [1.29, 1.82) is 0 Å². The summed E-state index contributed by atoms with van der Waals surface area (Å²) in [5.74, 6) is 0. The number of aryl methyl sites for hydroxylation is 2. The summed E-state index contributed by atoms with van der Waals surface area (Å²) in [5.41, 5.74) is 4.18. The molecule has 0 saturated heterocycles. The van der Waals surface area contributed by atoms with Gasteiger partial charge in [0.1, 0.15) is 0 Å². The smallest absolute Gasteiger partial charge is 0.0297 e. The fourth-order valence-corrected chi connectivity index (χ4v) is 2.42. The highest BCUT2D eigenvalue weighted by molar-refractivity contribution is 5.32. The Morgan fingerprint density at radius 2 is 1.88 bits per heavy atom. The van der Waals surface area contributed by atoms with Crippen LogP contribution in [0.3, 0.4) is 0 Å². The highest BCUT2D eigenvalue weighted by atomic mass is 14.9. The maximum Gasteiger partial charge on any atom is 0.0297 e. The molecule has 1 N–H and O–H groups in total. The molecule has 2 unspecified atom stereocenters. The summed E-state index contributed by atoms with van der Waals surface area (Å²) in [6.45, 7) is 11.2. The van der Waals surface area contributed by atoms with Gasteiger partial charge in [0, 0.05) is 12.1 Å². The van der Waals surface area contributed by atoms with E-state index >= 15 is 0 Å². The minimum atomic E-state index is 0.450. The monoisotopic (exact) mass is 233 g/mol. The van der Waals surface area contributed by atoms with Gasteiger partial charge in [0.15, 0.2) is 0 Å². The van der Waals surface area contributed by atoms with Crippen LogP contribution in [-0.2, 0) is 0 Å². The molecule has 1 aromatic carbocycles. The first-order valence-corrected chi connectivity index (χ1v) is 6.91. The van der Waals surface area contributed by atoms with Gasteiger partial charge < -0.3 is 5.32 Å². The molecule has 1 aromatic rings. The van der Waals surface area contributed by atoms with Gasteiger partial charge in [-0.3, -0.25) is 0 Å². The lowest BCUT2D eigenvalue weighted by molar-refractivity contribution is 0.416. The standard InChI is InChI=1S/C16H27N/c1-6-8-15(7-2)17-14(5)16-11-12(3)9-10-13(16)4/h9-11,14-15,17H,6-8H2,1-5H3. The lowest BCUT2D eigenvalue weighted by Crippen LogP contribution is -2.31. The largest absolute Gasteiger partial charge is 0.307 e. The van der Waals surface area contributed by atoms with Gasteiger partial charge >= 0.3 is 0 Å². The average molecular weight is 233 g/mol. The van der Waals surface area contributed by atoms with Crippen LogP contribution in [0.25, 0.3) is 0 Å². The molecular formula is C16H27N. The van der Waals surface area contributed by atoms with Crippen LogP contribution in [0.15, 0.2) is 18.2 Å². The van der Waals surface area contributed by atoms with Crippen molar-refractivity contribution in [1.82, 2.24) is 5.32 Å². The Balaban J connectivity index is 2.74. The Morgan fingerprint density at radius 3 is 2.47 bits per heavy atom. The molecular weight excluding hydrogens is 206 g/mol. The topological polar surface area (TPSA) is 12.0 Å². The summed E-state index contributed by atoms with van der Waals surface area (Å²) in [5, 5.41) is 3.75. The number of nitrogens with one attached hydrogen (secondary N) is 1. The molecule has 0 fully saturated rings. The van der Waals surface area contributed by atoms with Crippen LogP contribution in [0.5, 0.6) is 0 Å². The second-order valence-electron chi connectivity index (χ2n) is 5.14. The molecule has 0 bridgehead atoms. The minimum absolute atomic E-state index is 0.450. The third-order valence-corrected chi connectivity index (χ3v) is 3.52. The van der Waals surface area contributed by atoms with E-state index in [4.69, 9.17) is 0 Å². The van der Waals surface area contributed by atoms with Crippen molar-refractivity contribution in [3.05, 3.63) is 34.9 Å². The van der Waals surface area contributed by atoms with Gasteiger partial charge in [-0.25, -0.2) is 0 Å². The Hall–Kier alpha value is -0.820. The maximum absolute atomic E-state index is 3.75. The van der Waals surface area contributed by atoms with Crippen LogP contribution in [0, 0.1) is 13.8 Å². The Bertz CT molecular complexity index is 343. The molecule has 0 amide bonds. The number of rotatable bonds is 6. The van der Waals surface area contributed by atoms with E-state index in [2.05, 4.69) is 58.1 Å². The predicted molar refractivity (Wildman–Crippen MR) is 76.5 cm³/mol. The minimum Gasteiger partial charge on any atom is -0.307 e. The third kappa shape index (κ3) is 4.16. The quantitative estimate of drug-likeness (QED) is 0.761. The van der Waals surface area contributed by atoms with Gasteiger partial charge in [-0.2, -0.15) is 0 Å². The van der Waals surface area contributed by atoms with Crippen molar-refractivity contribution in [3.8, 4) is 0 Å². The van der Waals surface area contributed by atoms with E-state index in [0.29, 0.717) is 12.1 Å². The summed E-state index contributed by atoms with van der Waals surface area (Å²) in [4.78, 5) is 0. The lowest BCUT2D eigenvalue weighted by Gasteiger charge is -2.23. The van der Waals surface area contributed by atoms with Crippen molar-refractivity contribution >= 4 is 0 Å². The summed E-state index contributed by atoms with van der Waals surface area (Å²) in [6, 6.07) is 7.82. The highest BCUT2D eigenvalue weighted by Gasteiger charge is 2.12. The van der Waals surface area contributed by atoms with E-state index in [-0.39, 0.29) is 0 Å². The molecule has 0 heterocycles. The summed E-state index contributed by atoms with van der Waals surface area (Å²) in [7, 11) is 0. The molecule has 96 valence electrons. The fourth-order valence-electron chi connectivity index (χ4n) is 2.42. The molecule has 0 aliphatic rings. The van der Waals surface area contributed by atoms with Gasteiger partial charge in [-0.1, -0.05) is 44.0 Å². The van der Waals surface area contributed by atoms with Gasteiger partial charge in [-0.15, -0.1) is 0 Å². The SMILES string of the molecule is CCCC(CC)NC(C)c1cc(C)ccc1C. The molecule has 1 rings (SSSR count). The number of hydrogen-bond donors (Lipinski definition) is 1. The Morgan fingerprint density at radius 1 is 1.18 bits per heavy atom. The first kappa shape index (κ1) is 14.2. The molecule has 0 saturated carbocycles. The molecule has 1 nitrogen and oxygen atoms in total. The van der Waals surface area contributed by atoms with E-state index in [1.807, 2.05) is 0 Å². The van der Waals surface area contributed by atoms with Crippen molar-refractivity contribution in [2.45, 2.75) is 66.0 Å². The Labute approximate surface area is 107 Å². The average Bonchev–Trinajstić information content (AvgIpc) is 2.31. The zero-order valence-corrected chi connectivity index (χ0v) is 12.0. The molecule has 17 heavy (non-hydrogen) atoms. The summed E-state index contributed by atoms with van der Waals surface area (Å²) in [6.07, 6.45) is 3.74. The molecule has 0 spiro atoms. The van der Waals surface area contributed by atoms with E-state index in [1.165, 1.54) is 36.0 Å². The first-order chi connectivity index (χ1) is 8.08. The van der Waals surface area contributed by atoms with E-state index in [9.17, 15) is 0 Å².